The van der Waals surface area contributed by atoms with Gasteiger partial charge in [0.1, 0.15) is 0 Å². The molecule has 24 heavy (non-hydrogen) atoms. The third-order valence-corrected chi connectivity index (χ3v) is 5.08. The van der Waals surface area contributed by atoms with Gasteiger partial charge < -0.3 is 5.32 Å². The van der Waals surface area contributed by atoms with Crippen LogP contribution in [0.25, 0.3) is 0 Å². The quantitative estimate of drug-likeness (QED) is 0.887. The summed E-state index contributed by atoms with van der Waals surface area (Å²) < 4.78 is 28.0. The fourth-order valence-corrected chi connectivity index (χ4v) is 3.96. The van der Waals surface area contributed by atoms with Crippen molar-refractivity contribution < 1.29 is 13.2 Å². The van der Waals surface area contributed by atoms with Crippen LogP contribution in [0.1, 0.15) is 29.2 Å². The molecule has 6 heteroatoms. The zero-order valence-corrected chi connectivity index (χ0v) is 15.3. The van der Waals surface area contributed by atoms with Crippen LogP contribution in [0.3, 0.4) is 0 Å². The van der Waals surface area contributed by atoms with Crippen LogP contribution in [0, 0.1) is 27.7 Å². The number of sulfonamides is 1. The highest BCUT2D eigenvalue weighted by atomic mass is 32.2. The molecule has 2 rings (SSSR count). The van der Waals surface area contributed by atoms with E-state index in [1.165, 1.54) is 13.0 Å². The van der Waals surface area contributed by atoms with Gasteiger partial charge in [0.05, 0.1) is 10.6 Å². The third-order valence-electron chi connectivity index (χ3n) is 3.73. The molecular formula is C18H22N2O3S. The number of hydrogen-bond donors (Lipinski definition) is 2. The van der Waals surface area contributed by atoms with Gasteiger partial charge in [-0.1, -0.05) is 17.7 Å². The summed E-state index contributed by atoms with van der Waals surface area (Å²) in [6.07, 6.45) is 0. The van der Waals surface area contributed by atoms with Crippen LogP contribution in [0.4, 0.5) is 11.4 Å². The van der Waals surface area contributed by atoms with E-state index in [0.29, 0.717) is 16.9 Å². The van der Waals surface area contributed by atoms with Gasteiger partial charge in [0.15, 0.2) is 0 Å². The summed E-state index contributed by atoms with van der Waals surface area (Å²) in [5.41, 5.74) is 4.73. The Morgan fingerprint density at radius 2 is 1.50 bits per heavy atom. The Morgan fingerprint density at radius 3 is 2.00 bits per heavy atom. The summed E-state index contributed by atoms with van der Waals surface area (Å²) in [4.78, 5) is 11.3. The van der Waals surface area contributed by atoms with E-state index >= 15 is 0 Å². The highest BCUT2D eigenvalue weighted by Crippen LogP contribution is 2.26. The van der Waals surface area contributed by atoms with E-state index in [-0.39, 0.29) is 10.8 Å². The summed E-state index contributed by atoms with van der Waals surface area (Å²) in [5.74, 6) is -0.197. The minimum absolute atomic E-state index is 0.161. The zero-order chi connectivity index (χ0) is 18.1. The maximum atomic E-state index is 12.7. The van der Waals surface area contributed by atoms with Gasteiger partial charge in [-0.05, 0) is 62.6 Å². The molecule has 2 aromatic rings. The first-order chi connectivity index (χ1) is 11.1. The third kappa shape index (κ3) is 3.94. The Morgan fingerprint density at radius 1 is 0.917 bits per heavy atom. The smallest absolute Gasteiger partial charge is 0.261 e. The highest BCUT2D eigenvalue weighted by molar-refractivity contribution is 7.92. The first-order valence-electron chi connectivity index (χ1n) is 7.59. The Hall–Kier alpha value is -2.34. The van der Waals surface area contributed by atoms with Gasteiger partial charge in [0.2, 0.25) is 5.91 Å². The first-order valence-corrected chi connectivity index (χ1v) is 9.07. The van der Waals surface area contributed by atoms with Crippen molar-refractivity contribution >= 4 is 27.3 Å². The van der Waals surface area contributed by atoms with Gasteiger partial charge >= 0.3 is 0 Å². The second-order valence-electron chi connectivity index (χ2n) is 6.04. The molecule has 0 fully saturated rings. The highest BCUT2D eigenvalue weighted by Gasteiger charge is 2.18. The molecule has 0 spiro atoms. The molecule has 0 radical (unpaired) electrons. The normalized spacial score (nSPS) is 11.2. The average molecular weight is 346 g/mol. The molecule has 2 N–H and O–H groups in total. The van der Waals surface area contributed by atoms with Crippen molar-refractivity contribution in [2.24, 2.45) is 0 Å². The monoisotopic (exact) mass is 346 g/mol. The molecule has 0 aliphatic heterocycles. The fraction of sp³-hybridized carbons (Fsp3) is 0.278. The van der Waals surface area contributed by atoms with Crippen molar-refractivity contribution in [1.29, 1.82) is 0 Å². The van der Waals surface area contributed by atoms with Gasteiger partial charge in [-0.2, -0.15) is 0 Å². The van der Waals surface area contributed by atoms with Crippen molar-refractivity contribution in [2.45, 2.75) is 39.5 Å². The van der Waals surface area contributed by atoms with Crippen LogP contribution in [0.2, 0.25) is 0 Å². The number of amides is 1. The molecule has 5 nitrogen and oxygen atoms in total. The molecule has 0 unspecified atom stereocenters. The van der Waals surface area contributed by atoms with Crippen molar-refractivity contribution in [1.82, 2.24) is 0 Å². The van der Waals surface area contributed by atoms with Gasteiger partial charge in [0.25, 0.3) is 10.0 Å². The topological polar surface area (TPSA) is 75.3 Å². The standard InChI is InChI=1S/C18H22N2O3S/c1-11-8-13(3)18(14(4)9-11)20-24(22,23)16-6-7-17(12(2)10-16)19-15(5)21/h6-10,20H,1-5H3,(H,19,21). The van der Waals surface area contributed by atoms with E-state index in [1.54, 1.807) is 19.1 Å². The zero-order valence-electron chi connectivity index (χ0n) is 14.5. The lowest BCUT2D eigenvalue weighted by Crippen LogP contribution is -2.15. The SMILES string of the molecule is CC(=O)Nc1ccc(S(=O)(=O)Nc2c(C)cc(C)cc2C)cc1C. The molecular weight excluding hydrogens is 324 g/mol. The Bertz CT molecular complexity index is 879. The van der Waals surface area contributed by atoms with Crippen LogP contribution in [-0.4, -0.2) is 14.3 Å². The lowest BCUT2D eigenvalue weighted by atomic mass is 10.1. The number of aryl methyl sites for hydroxylation is 4. The summed E-state index contributed by atoms with van der Waals surface area (Å²) in [6.45, 7) is 8.90. The number of benzene rings is 2. The molecule has 0 heterocycles. The van der Waals surface area contributed by atoms with E-state index in [9.17, 15) is 13.2 Å². The van der Waals surface area contributed by atoms with Crippen molar-refractivity contribution in [3.63, 3.8) is 0 Å². The van der Waals surface area contributed by atoms with Crippen molar-refractivity contribution in [2.75, 3.05) is 10.0 Å². The molecule has 1 amide bonds. The van der Waals surface area contributed by atoms with Gasteiger partial charge in [-0.3, -0.25) is 9.52 Å². The van der Waals surface area contributed by atoms with Crippen LogP contribution < -0.4 is 10.0 Å². The summed E-state index contributed by atoms with van der Waals surface area (Å²) in [6, 6.07) is 8.51. The van der Waals surface area contributed by atoms with Gasteiger partial charge in [0, 0.05) is 12.6 Å². The molecule has 0 aromatic heterocycles. The van der Waals surface area contributed by atoms with Crippen LogP contribution >= 0.6 is 0 Å². The predicted octanol–water partition coefficient (Wildman–Crippen LogP) is 3.68. The van der Waals surface area contributed by atoms with Gasteiger partial charge in [-0.25, -0.2) is 8.42 Å². The lowest BCUT2D eigenvalue weighted by molar-refractivity contribution is -0.114. The van der Waals surface area contributed by atoms with E-state index in [4.69, 9.17) is 0 Å². The number of carbonyl (C=O) groups is 1. The number of nitrogens with one attached hydrogen (secondary N) is 2. The number of carbonyl (C=O) groups excluding carboxylic acids is 1. The van der Waals surface area contributed by atoms with Crippen molar-refractivity contribution in [3.8, 4) is 0 Å². The Balaban J connectivity index is 2.38. The second-order valence-corrected chi connectivity index (χ2v) is 7.72. The Labute approximate surface area is 143 Å². The number of anilines is 2. The maximum absolute atomic E-state index is 12.7. The second kappa shape index (κ2) is 6.65. The average Bonchev–Trinajstić information content (AvgIpc) is 2.44. The maximum Gasteiger partial charge on any atom is 0.261 e. The molecule has 0 aliphatic carbocycles. The first kappa shape index (κ1) is 18.0. The number of hydrogen-bond acceptors (Lipinski definition) is 3. The van der Waals surface area contributed by atoms with Crippen LogP contribution in [0.5, 0.6) is 0 Å². The van der Waals surface area contributed by atoms with E-state index < -0.39 is 10.0 Å². The minimum Gasteiger partial charge on any atom is -0.326 e. The van der Waals surface area contributed by atoms with Crippen LogP contribution in [0.15, 0.2) is 35.2 Å². The Kier molecular flexibility index (Phi) is 4.99. The summed E-state index contributed by atoms with van der Waals surface area (Å²) in [5, 5.41) is 2.67. The van der Waals surface area contributed by atoms with E-state index in [0.717, 1.165) is 16.7 Å². The fourth-order valence-electron chi connectivity index (χ4n) is 2.67. The van der Waals surface area contributed by atoms with Crippen molar-refractivity contribution in [3.05, 3.63) is 52.6 Å². The molecule has 0 saturated heterocycles. The minimum atomic E-state index is -3.70. The molecule has 0 atom stereocenters. The molecule has 2 aromatic carbocycles. The van der Waals surface area contributed by atoms with Crippen LogP contribution in [-0.2, 0) is 14.8 Å². The van der Waals surface area contributed by atoms with Gasteiger partial charge in [-0.15, -0.1) is 0 Å². The predicted molar refractivity (Wildman–Crippen MR) is 96.9 cm³/mol. The lowest BCUT2D eigenvalue weighted by Gasteiger charge is -2.15. The van der Waals surface area contributed by atoms with E-state index in [2.05, 4.69) is 10.0 Å². The number of rotatable bonds is 4. The molecule has 128 valence electrons. The summed E-state index contributed by atoms with van der Waals surface area (Å²) in [7, 11) is -3.70. The summed E-state index contributed by atoms with van der Waals surface area (Å²) >= 11 is 0. The molecule has 0 bridgehead atoms. The van der Waals surface area contributed by atoms with E-state index in [1.807, 2.05) is 32.9 Å². The molecule has 0 aliphatic rings. The largest absolute Gasteiger partial charge is 0.326 e. The molecule has 0 saturated carbocycles.